The lowest BCUT2D eigenvalue weighted by Crippen LogP contribution is -2.31. The predicted octanol–water partition coefficient (Wildman–Crippen LogP) is 3.03. The highest BCUT2D eigenvalue weighted by atomic mass is 35.5. The van der Waals surface area contributed by atoms with Crippen LogP contribution in [0, 0.1) is 10.8 Å². The number of amidine groups is 1. The number of hydrogen-bond donors (Lipinski definition) is 6. The Labute approximate surface area is 188 Å². The molecule has 0 radical (unpaired) electrons. The maximum absolute atomic E-state index is 11.2. The van der Waals surface area contributed by atoms with Gasteiger partial charge in [-0.2, -0.15) is 0 Å². The number of nitrogens with one attached hydrogen (secondary N) is 3. The van der Waals surface area contributed by atoms with Crippen LogP contribution < -0.4 is 21.7 Å². The van der Waals surface area contributed by atoms with Crippen LogP contribution in [-0.4, -0.2) is 36.0 Å². The molecule has 0 fully saturated rings. The van der Waals surface area contributed by atoms with Crippen molar-refractivity contribution in [2.75, 3.05) is 23.3 Å². The van der Waals surface area contributed by atoms with Gasteiger partial charge in [-0.15, -0.1) is 24.8 Å². The van der Waals surface area contributed by atoms with E-state index in [0.29, 0.717) is 12.1 Å². The third kappa shape index (κ3) is 9.02. The molecule has 0 spiro atoms. The number of carbonyl (C=O) groups is 1. The number of nitrogens with zero attached hydrogens (tertiary/aromatic N) is 1. The van der Waals surface area contributed by atoms with Crippen LogP contribution >= 0.6 is 24.8 Å². The summed E-state index contributed by atoms with van der Waals surface area (Å²) in [5, 5.41) is 26.7. The molecule has 0 aromatic heterocycles. The Morgan fingerprint density at radius 2 is 1.70 bits per heavy atom. The van der Waals surface area contributed by atoms with Crippen molar-refractivity contribution in [3.63, 3.8) is 0 Å². The number of unbranched alkanes of at least 4 members (excludes halogenated alkanes) is 1. The monoisotopic (exact) mass is 454 g/mol. The van der Waals surface area contributed by atoms with Gasteiger partial charge in [-0.25, -0.2) is 0 Å². The maximum atomic E-state index is 11.2. The minimum Gasteiger partial charge on any atom is -0.480 e. The van der Waals surface area contributed by atoms with E-state index in [0.717, 1.165) is 36.2 Å². The molecule has 0 heterocycles. The fourth-order valence-corrected chi connectivity index (χ4v) is 2.87. The Morgan fingerprint density at radius 1 is 1.03 bits per heavy atom. The third-order valence-corrected chi connectivity index (χ3v) is 4.22. The molecule has 0 aliphatic carbocycles. The number of nitrogen functional groups attached to an aromatic ring is 1. The van der Waals surface area contributed by atoms with Gasteiger partial charge in [0.05, 0.1) is 0 Å². The average Bonchev–Trinajstić information content (AvgIpc) is 2.65. The molecule has 0 aliphatic rings. The molecule has 2 aromatic rings. The maximum Gasteiger partial charge on any atom is 0.323 e. The van der Waals surface area contributed by atoms with Gasteiger partial charge in [0.2, 0.25) is 0 Å². The first kappa shape index (κ1) is 27.0. The van der Waals surface area contributed by atoms with Crippen LogP contribution in [-0.2, 0) is 11.2 Å². The molecule has 0 saturated carbocycles. The van der Waals surface area contributed by atoms with Gasteiger partial charge in [0.15, 0.2) is 5.96 Å². The molecule has 8 N–H and O–H groups in total. The summed E-state index contributed by atoms with van der Waals surface area (Å²) in [7, 11) is 0. The van der Waals surface area contributed by atoms with E-state index in [2.05, 4.69) is 5.32 Å². The van der Waals surface area contributed by atoms with Crippen molar-refractivity contribution in [2.24, 2.45) is 11.5 Å². The summed E-state index contributed by atoms with van der Waals surface area (Å²) in [6.07, 6.45) is 2.60. The number of aliphatic carboxylic acids is 1. The fraction of sp³-hybridized carbons (Fsp3) is 0.250. The first-order valence-corrected chi connectivity index (χ1v) is 8.96. The Hall–Kier alpha value is -2.97. The first-order valence-electron chi connectivity index (χ1n) is 8.96. The lowest BCUT2D eigenvalue weighted by Gasteiger charge is -2.23. The van der Waals surface area contributed by atoms with Crippen LogP contribution in [0.15, 0.2) is 48.5 Å². The Balaban J connectivity index is 0.00000420. The Morgan fingerprint density at radius 3 is 2.27 bits per heavy atom. The van der Waals surface area contributed by atoms with E-state index < -0.39 is 5.97 Å². The van der Waals surface area contributed by atoms with Crippen molar-refractivity contribution in [1.82, 2.24) is 0 Å². The molecule has 0 bridgehead atoms. The number of rotatable bonds is 10. The zero-order valence-corrected chi connectivity index (χ0v) is 18.1. The number of anilines is 2. The van der Waals surface area contributed by atoms with Gasteiger partial charge >= 0.3 is 5.97 Å². The minimum absolute atomic E-state index is 0. The third-order valence-electron chi connectivity index (χ3n) is 4.22. The predicted molar refractivity (Wildman–Crippen MR) is 127 cm³/mol. The highest BCUT2D eigenvalue weighted by molar-refractivity contribution is 5.96. The van der Waals surface area contributed by atoms with Crippen LogP contribution in [0.4, 0.5) is 11.4 Å². The van der Waals surface area contributed by atoms with E-state index in [1.807, 2.05) is 30.3 Å². The average molecular weight is 455 g/mol. The molecule has 0 amide bonds. The summed E-state index contributed by atoms with van der Waals surface area (Å²) in [6, 6.07) is 14.8. The number of benzene rings is 2. The zero-order chi connectivity index (χ0) is 20.5. The van der Waals surface area contributed by atoms with Crippen LogP contribution in [0.2, 0.25) is 0 Å². The number of carboxylic acids is 1. The van der Waals surface area contributed by atoms with Gasteiger partial charge in [0.25, 0.3) is 0 Å². The lowest BCUT2D eigenvalue weighted by molar-refractivity contribution is -0.135. The van der Waals surface area contributed by atoms with Crippen molar-refractivity contribution in [1.29, 1.82) is 10.8 Å². The van der Waals surface area contributed by atoms with Crippen molar-refractivity contribution in [3.8, 4) is 0 Å². The highest BCUT2D eigenvalue weighted by Crippen LogP contribution is 2.18. The molecule has 0 aliphatic heterocycles. The minimum atomic E-state index is -0.901. The SMILES string of the molecule is Cl.Cl.N=C(N)Nc1ccc(CCCCN(CC(=O)O)c2cccc(C(=N)N)c2)cc1. The zero-order valence-electron chi connectivity index (χ0n) is 16.4. The first-order chi connectivity index (χ1) is 13.3. The second-order valence-corrected chi connectivity index (χ2v) is 6.47. The number of halogens is 2. The van der Waals surface area contributed by atoms with E-state index >= 15 is 0 Å². The van der Waals surface area contributed by atoms with Crippen LogP contribution in [0.5, 0.6) is 0 Å². The van der Waals surface area contributed by atoms with Crippen LogP contribution in [0.3, 0.4) is 0 Å². The van der Waals surface area contributed by atoms with Crippen molar-refractivity contribution < 1.29 is 9.90 Å². The van der Waals surface area contributed by atoms with Gasteiger partial charge < -0.3 is 26.8 Å². The number of nitrogens with two attached hydrogens (primary N) is 2. The number of carboxylic acid groups (broad SMARTS) is 1. The largest absolute Gasteiger partial charge is 0.480 e. The molecule has 164 valence electrons. The fourth-order valence-electron chi connectivity index (χ4n) is 2.87. The van der Waals surface area contributed by atoms with E-state index in [1.165, 1.54) is 0 Å². The molecular weight excluding hydrogens is 427 g/mol. The van der Waals surface area contributed by atoms with Gasteiger partial charge in [0, 0.05) is 23.5 Å². The number of guanidine groups is 1. The molecular formula is C20H28Cl2N6O2. The lowest BCUT2D eigenvalue weighted by atomic mass is 10.1. The molecule has 0 atom stereocenters. The molecule has 8 nitrogen and oxygen atoms in total. The molecule has 30 heavy (non-hydrogen) atoms. The summed E-state index contributed by atoms with van der Waals surface area (Å²) in [5.41, 5.74) is 14.1. The molecule has 0 saturated heterocycles. The summed E-state index contributed by atoms with van der Waals surface area (Å²) < 4.78 is 0. The van der Waals surface area contributed by atoms with E-state index in [9.17, 15) is 9.90 Å². The Bertz CT molecular complexity index is 845. The van der Waals surface area contributed by atoms with Gasteiger partial charge in [-0.3, -0.25) is 15.6 Å². The molecule has 10 heteroatoms. The van der Waals surface area contributed by atoms with Crippen molar-refractivity contribution in [2.45, 2.75) is 19.3 Å². The van der Waals surface area contributed by atoms with Gasteiger partial charge in [-0.1, -0.05) is 24.3 Å². The van der Waals surface area contributed by atoms with Gasteiger partial charge in [-0.05, 0) is 49.1 Å². The molecule has 0 unspecified atom stereocenters. The second kappa shape index (κ2) is 13.3. The number of hydrogen-bond acceptors (Lipinski definition) is 4. The van der Waals surface area contributed by atoms with Crippen molar-refractivity contribution in [3.05, 3.63) is 59.7 Å². The van der Waals surface area contributed by atoms with E-state index in [4.69, 9.17) is 22.3 Å². The topological polar surface area (TPSA) is 152 Å². The quantitative estimate of drug-likeness (QED) is 0.184. The summed E-state index contributed by atoms with van der Waals surface area (Å²) in [6.45, 7) is 0.490. The standard InChI is InChI=1S/C20H26N6O2.2ClH/c21-19(22)15-5-3-6-17(12-15)26(13-18(27)28)11-2-1-4-14-7-9-16(10-8-14)25-20(23)24;;/h3,5-10,12H,1-2,4,11,13H2,(H3,21,22)(H,27,28)(H4,23,24,25);2*1H. The normalized spacial score (nSPS) is 9.60. The second-order valence-electron chi connectivity index (χ2n) is 6.47. The molecule has 2 rings (SSSR count). The Kier molecular flexibility index (Phi) is 12.0. The molecule has 2 aromatic carbocycles. The van der Waals surface area contributed by atoms with Crippen molar-refractivity contribution >= 4 is 54.0 Å². The summed E-state index contributed by atoms with van der Waals surface area (Å²) in [4.78, 5) is 13.0. The highest BCUT2D eigenvalue weighted by Gasteiger charge is 2.11. The van der Waals surface area contributed by atoms with E-state index in [1.54, 1.807) is 23.1 Å². The van der Waals surface area contributed by atoms with Crippen LogP contribution in [0.25, 0.3) is 0 Å². The smallest absolute Gasteiger partial charge is 0.323 e. The number of aryl methyl sites for hydroxylation is 1. The van der Waals surface area contributed by atoms with E-state index in [-0.39, 0.29) is 43.2 Å². The summed E-state index contributed by atoms with van der Waals surface area (Å²) >= 11 is 0. The van der Waals surface area contributed by atoms with Gasteiger partial charge in [0.1, 0.15) is 12.4 Å². The van der Waals surface area contributed by atoms with Crippen LogP contribution in [0.1, 0.15) is 24.0 Å². The summed E-state index contributed by atoms with van der Waals surface area (Å²) in [5.74, 6) is -1.04.